The van der Waals surface area contributed by atoms with Crippen molar-refractivity contribution in [3.05, 3.63) is 59.8 Å². The van der Waals surface area contributed by atoms with E-state index in [0.717, 1.165) is 11.1 Å². The van der Waals surface area contributed by atoms with Gasteiger partial charge in [0.05, 0.1) is 5.75 Å². The van der Waals surface area contributed by atoms with Crippen LogP contribution < -0.4 is 10.5 Å². The minimum Gasteiger partial charge on any atom is -0.326 e. The fourth-order valence-corrected chi connectivity index (χ4v) is 3.39. The van der Waals surface area contributed by atoms with Gasteiger partial charge in [0.1, 0.15) is 5.82 Å². The predicted octanol–water partition coefficient (Wildman–Crippen LogP) is 2.09. The Balaban J connectivity index is 2.04. The van der Waals surface area contributed by atoms with Crippen LogP contribution in [0.2, 0.25) is 0 Å². The van der Waals surface area contributed by atoms with Crippen LogP contribution in [0.1, 0.15) is 24.0 Å². The number of nitrogens with two attached hydrogens (primary N) is 1. The quantitative estimate of drug-likeness (QED) is 0.855. The third-order valence-corrected chi connectivity index (χ3v) is 4.62. The summed E-state index contributed by atoms with van der Waals surface area (Å²) in [5.74, 6) is 0.233. The summed E-state index contributed by atoms with van der Waals surface area (Å²) in [5.41, 5.74) is 7.33. The van der Waals surface area contributed by atoms with Crippen molar-refractivity contribution in [3.8, 4) is 0 Å². The molecular weight excluding hydrogens is 286 g/mol. The summed E-state index contributed by atoms with van der Waals surface area (Å²) >= 11 is 0. The van der Waals surface area contributed by atoms with Crippen molar-refractivity contribution < 1.29 is 8.42 Å². The third-order valence-electron chi connectivity index (χ3n) is 3.16. The SMILES string of the molecule is CC(CS(=O)(=O)Nc1ccc(CN)cn1)c1ccccc1. The predicted molar refractivity (Wildman–Crippen MR) is 84.4 cm³/mol. The Bertz CT molecular complexity index is 670. The zero-order valence-corrected chi connectivity index (χ0v) is 12.7. The van der Waals surface area contributed by atoms with E-state index in [4.69, 9.17) is 5.73 Å². The van der Waals surface area contributed by atoms with E-state index in [1.54, 1.807) is 18.3 Å². The Kier molecular flexibility index (Phi) is 4.93. The monoisotopic (exact) mass is 305 g/mol. The van der Waals surface area contributed by atoms with Crippen LogP contribution in [0.4, 0.5) is 5.82 Å². The highest BCUT2D eigenvalue weighted by Crippen LogP contribution is 2.18. The molecule has 21 heavy (non-hydrogen) atoms. The first-order valence-electron chi connectivity index (χ1n) is 6.70. The summed E-state index contributed by atoms with van der Waals surface area (Å²) in [6.45, 7) is 2.27. The van der Waals surface area contributed by atoms with Gasteiger partial charge in [0.2, 0.25) is 10.0 Å². The average Bonchev–Trinajstić information content (AvgIpc) is 2.48. The van der Waals surface area contributed by atoms with Crippen LogP contribution in [0.3, 0.4) is 0 Å². The van der Waals surface area contributed by atoms with Gasteiger partial charge in [0.25, 0.3) is 0 Å². The molecule has 0 amide bonds. The van der Waals surface area contributed by atoms with Crippen LogP contribution in [0.5, 0.6) is 0 Å². The van der Waals surface area contributed by atoms with Gasteiger partial charge in [-0.3, -0.25) is 4.72 Å². The first-order valence-corrected chi connectivity index (χ1v) is 8.36. The molecule has 0 saturated heterocycles. The van der Waals surface area contributed by atoms with Gasteiger partial charge in [0.15, 0.2) is 0 Å². The van der Waals surface area contributed by atoms with Gasteiger partial charge < -0.3 is 5.73 Å². The molecule has 0 spiro atoms. The summed E-state index contributed by atoms with van der Waals surface area (Å²) < 4.78 is 26.8. The Hall–Kier alpha value is -1.92. The molecule has 1 unspecified atom stereocenters. The maximum Gasteiger partial charge on any atom is 0.234 e. The number of benzene rings is 1. The van der Waals surface area contributed by atoms with Gasteiger partial charge >= 0.3 is 0 Å². The van der Waals surface area contributed by atoms with Crippen molar-refractivity contribution in [2.45, 2.75) is 19.4 Å². The molecule has 112 valence electrons. The van der Waals surface area contributed by atoms with Crippen LogP contribution in [-0.2, 0) is 16.6 Å². The molecule has 0 bridgehead atoms. The fraction of sp³-hybridized carbons (Fsp3) is 0.267. The van der Waals surface area contributed by atoms with Crippen molar-refractivity contribution in [2.75, 3.05) is 10.5 Å². The van der Waals surface area contributed by atoms with E-state index < -0.39 is 10.0 Å². The van der Waals surface area contributed by atoms with Crippen LogP contribution in [0, 0.1) is 0 Å². The Morgan fingerprint density at radius 2 is 1.90 bits per heavy atom. The lowest BCUT2D eigenvalue weighted by atomic mass is 10.0. The van der Waals surface area contributed by atoms with E-state index >= 15 is 0 Å². The van der Waals surface area contributed by atoms with Crippen LogP contribution in [0.25, 0.3) is 0 Å². The molecule has 3 N–H and O–H groups in total. The molecule has 1 atom stereocenters. The molecule has 6 heteroatoms. The van der Waals surface area contributed by atoms with Gasteiger partial charge in [-0.15, -0.1) is 0 Å². The lowest BCUT2D eigenvalue weighted by Gasteiger charge is -2.13. The maximum absolute atomic E-state index is 12.2. The van der Waals surface area contributed by atoms with Gasteiger partial charge in [-0.05, 0) is 23.1 Å². The number of sulfonamides is 1. The van der Waals surface area contributed by atoms with Gasteiger partial charge in [0, 0.05) is 12.7 Å². The summed E-state index contributed by atoms with van der Waals surface area (Å²) in [5, 5.41) is 0. The Labute approximate surface area is 125 Å². The third kappa shape index (κ3) is 4.54. The van der Waals surface area contributed by atoms with E-state index in [1.807, 2.05) is 37.3 Å². The topological polar surface area (TPSA) is 85.1 Å². The van der Waals surface area contributed by atoms with Crippen molar-refractivity contribution in [1.29, 1.82) is 0 Å². The van der Waals surface area contributed by atoms with Gasteiger partial charge in [-0.25, -0.2) is 13.4 Å². The number of nitrogens with one attached hydrogen (secondary N) is 1. The van der Waals surface area contributed by atoms with E-state index in [9.17, 15) is 8.42 Å². The molecule has 0 radical (unpaired) electrons. The number of hydrogen-bond acceptors (Lipinski definition) is 4. The molecular formula is C15H19N3O2S. The maximum atomic E-state index is 12.2. The smallest absolute Gasteiger partial charge is 0.234 e. The molecule has 0 aliphatic rings. The molecule has 1 aromatic carbocycles. The number of anilines is 1. The lowest BCUT2D eigenvalue weighted by Crippen LogP contribution is -2.21. The standard InChI is InChI=1S/C15H19N3O2S/c1-12(14-5-3-2-4-6-14)11-21(19,20)18-15-8-7-13(9-16)10-17-15/h2-8,10,12H,9,11,16H2,1H3,(H,17,18). The van der Waals surface area contributed by atoms with E-state index in [-0.39, 0.29) is 11.7 Å². The van der Waals surface area contributed by atoms with E-state index in [1.165, 1.54) is 0 Å². The number of hydrogen-bond donors (Lipinski definition) is 2. The molecule has 1 heterocycles. The lowest BCUT2D eigenvalue weighted by molar-refractivity contribution is 0.595. The van der Waals surface area contributed by atoms with Crippen molar-refractivity contribution in [2.24, 2.45) is 5.73 Å². The van der Waals surface area contributed by atoms with Crippen LogP contribution in [0.15, 0.2) is 48.7 Å². The van der Waals surface area contributed by atoms with Crippen molar-refractivity contribution >= 4 is 15.8 Å². The second-order valence-electron chi connectivity index (χ2n) is 4.95. The largest absolute Gasteiger partial charge is 0.326 e. The first-order chi connectivity index (χ1) is 10.00. The minimum atomic E-state index is -3.45. The Morgan fingerprint density at radius 1 is 1.19 bits per heavy atom. The highest BCUT2D eigenvalue weighted by atomic mass is 32.2. The molecule has 2 rings (SSSR count). The summed E-state index contributed by atoms with van der Waals surface area (Å²) in [6.07, 6.45) is 1.57. The molecule has 0 saturated carbocycles. The summed E-state index contributed by atoms with van der Waals surface area (Å²) in [6, 6.07) is 12.9. The summed E-state index contributed by atoms with van der Waals surface area (Å²) in [4.78, 5) is 4.04. The second-order valence-corrected chi connectivity index (χ2v) is 6.72. The molecule has 0 aliphatic heterocycles. The molecule has 5 nitrogen and oxygen atoms in total. The average molecular weight is 305 g/mol. The van der Waals surface area contributed by atoms with E-state index in [0.29, 0.717) is 12.4 Å². The van der Waals surface area contributed by atoms with E-state index in [2.05, 4.69) is 9.71 Å². The zero-order chi connectivity index (χ0) is 15.3. The van der Waals surface area contributed by atoms with Crippen molar-refractivity contribution in [3.63, 3.8) is 0 Å². The van der Waals surface area contributed by atoms with Gasteiger partial charge in [-0.2, -0.15) is 0 Å². The van der Waals surface area contributed by atoms with Crippen LogP contribution in [-0.4, -0.2) is 19.2 Å². The van der Waals surface area contributed by atoms with Crippen molar-refractivity contribution in [1.82, 2.24) is 4.98 Å². The first kappa shape index (κ1) is 15.5. The molecule has 2 aromatic rings. The molecule has 0 aliphatic carbocycles. The highest BCUT2D eigenvalue weighted by molar-refractivity contribution is 7.92. The second kappa shape index (κ2) is 6.69. The normalized spacial score (nSPS) is 12.9. The van der Waals surface area contributed by atoms with Gasteiger partial charge in [-0.1, -0.05) is 43.3 Å². The van der Waals surface area contributed by atoms with Crippen LogP contribution >= 0.6 is 0 Å². The number of nitrogens with zero attached hydrogens (tertiary/aromatic N) is 1. The minimum absolute atomic E-state index is 0.0112. The number of pyridine rings is 1. The Morgan fingerprint density at radius 3 is 2.48 bits per heavy atom. The molecule has 1 aromatic heterocycles. The molecule has 0 fully saturated rings. The fourth-order valence-electron chi connectivity index (χ4n) is 2.01. The highest BCUT2D eigenvalue weighted by Gasteiger charge is 2.17. The number of aromatic nitrogens is 1. The summed E-state index contributed by atoms with van der Waals surface area (Å²) in [7, 11) is -3.45. The number of rotatable bonds is 6. The zero-order valence-electron chi connectivity index (χ0n) is 11.9.